The minimum Gasteiger partial charge on any atom is -0.383 e. The van der Waals surface area contributed by atoms with Crippen LogP contribution < -0.4 is 5.32 Å². The van der Waals surface area contributed by atoms with Crippen LogP contribution in [-0.2, 0) is 16.7 Å². The third-order valence-corrected chi connectivity index (χ3v) is 6.26. The van der Waals surface area contributed by atoms with E-state index < -0.39 is 0 Å². The van der Waals surface area contributed by atoms with Crippen LogP contribution in [0.25, 0.3) is 0 Å². The largest absolute Gasteiger partial charge is 0.383 e. The van der Waals surface area contributed by atoms with Crippen molar-refractivity contribution >= 4 is 11.3 Å². The fourth-order valence-corrected chi connectivity index (χ4v) is 4.99. The molecule has 1 aromatic rings. The number of nitrogens with zero attached hydrogens (tertiary/aromatic N) is 1. The van der Waals surface area contributed by atoms with Crippen LogP contribution in [0.5, 0.6) is 0 Å². The third-order valence-electron chi connectivity index (χ3n) is 5.08. The van der Waals surface area contributed by atoms with Crippen LogP contribution in [0.2, 0.25) is 0 Å². The van der Waals surface area contributed by atoms with Crippen molar-refractivity contribution in [2.45, 2.75) is 65.3 Å². The summed E-state index contributed by atoms with van der Waals surface area (Å²) in [6.45, 7) is 10.8. The number of nitrogens with one attached hydrogen (secondary N) is 1. The van der Waals surface area contributed by atoms with Gasteiger partial charge in [0.05, 0.1) is 17.8 Å². The molecular weight excluding hydrogens is 280 g/mol. The Bertz CT molecular complexity index is 469. The number of aryl methyl sites for hydroxylation is 2. The van der Waals surface area contributed by atoms with Crippen LogP contribution in [0.1, 0.15) is 62.0 Å². The maximum Gasteiger partial charge on any atom is 0.114 e. The summed E-state index contributed by atoms with van der Waals surface area (Å²) < 4.78 is 5.25. The highest BCUT2D eigenvalue weighted by molar-refractivity contribution is 7.11. The van der Waals surface area contributed by atoms with Gasteiger partial charge in [0.25, 0.3) is 0 Å². The lowest BCUT2D eigenvalue weighted by Crippen LogP contribution is -2.55. The maximum atomic E-state index is 5.25. The van der Waals surface area contributed by atoms with Crippen molar-refractivity contribution in [3.8, 4) is 0 Å². The topological polar surface area (TPSA) is 34.2 Å². The molecule has 1 aliphatic rings. The Hall–Kier alpha value is -0.450. The molecule has 21 heavy (non-hydrogen) atoms. The molecule has 1 aromatic heterocycles. The van der Waals surface area contributed by atoms with Gasteiger partial charge in [-0.2, -0.15) is 0 Å². The van der Waals surface area contributed by atoms with Crippen LogP contribution in [0, 0.1) is 12.3 Å². The number of hydrogen-bond acceptors (Lipinski definition) is 4. The van der Waals surface area contributed by atoms with E-state index >= 15 is 0 Å². The van der Waals surface area contributed by atoms with Gasteiger partial charge in [-0.25, -0.2) is 4.98 Å². The van der Waals surface area contributed by atoms with Gasteiger partial charge in [0.2, 0.25) is 0 Å². The molecule has 120 valence electrons. The van der Waals surface area contributed by atoms with Crippen molar-refractivity contribution in [3.05, 3.63) is 15.6 Å². The Morgan fingerprint density at radius 1 is 1.29 bits per heavy atom. The zero-order valence-corrected chi connectivity index (χ0v) is 15.0. The molecule has 1 unspecified atom stereocenters. The van der Waals surface area contributed by atoms with Gasteiger partial charge in [-0.05, 0) is 31.6 Å². The maximum absolute atomic E-state index is 5.25. The highest BCUT2D eigenvalue weighted by Gasteiger charge is 2.49. The molecule has 0 saturated heterocycles. The van der Waals surface area contributed by atoms with Crippen LogP contribution in [0.3, 0.4) is 0 Å². The summed E-state index contributed by atoms with van der Waals surface area (Å²) in [6.07, 6.45) is 6.07. The molecule has 1 heterocycles. The lowest BCUT2D eigenvalue weighted by Gasteiger charge is -2.49. The predicted molar refractivity (Wildman–Crippen MR) is 90.0 cm³/mol. The van der Waals surface area contributed by atoms with E-state index in [1.807, 2.05) is 11.3 Å². The molecule has 0 amide bonds. The molecule has 0 aromatic carbocycles. The molecule has 1 fully saturated rings. The van der Waals surface area contributed by atoms with Gasteiger partial charge in [0.15, 0.2) is 0 Å². The number of ether oxygens (including phenoxy) is 1. The molecule has 0 bridgehead atoms. The van der Waals surface area contributed by atoms with Crippen molar-refractivity contribution < 1.29 is 4.74 Å². The summed E-state index contributed by atoms with van der Waals surface area (Å²) >= 11 is 1.89. The van der Waals surface area contributed by atoms with Gasteiger partial charge in [0.1, 0.15) is 5.01 Å². The first-order valence-corrected chi connectivity index (χ1v) is 8.99. The highest BCUT2D eigenvalue weighted by Crippen LogP contribution is 2.51. The van der Waals surface area contributed by atoms with E-state index in [4.69, 9.17) is 9.72 Å². The van der Waals surface area contributed by atoms with E-state index in [0.717, 1.165) is 19.6 Å². The van der Waals surface area contributed by atoms with E-state index in [2.05, 4.69) is 33.0 Å². The Kier molecular flexibility index (Phi) is 5.44. The zero-order valence-electron chi connectivity index (χ0n) is 14.2. The summed E-state index contributed by atoms with van der Waals surface area (Å²) in [5.41, 5.74) is 1.50. The van der Waals surface area contributed by atoms with Crippen LogP contribution in [-0.4, -0.2) is 25.2 Å². The van der Waals surface area contributed by atoms with Gasteiger partial charge in [-0.15, -0.1) is 11.3 Å². The molecule has 1 aliphatic carbocycles. The number of thiazole rings is 1. The molecule has 1 N–H and O–H groups in total. The molecule has 0 spiro atoms. The standard InChI is InChI=1S/C17H30N2OS/c1-6-14-13(2)21-15(19-14)17(18-11-12-20-5)10-8-7-9-16(17,3)4/h18H,6-12H2,1-5H3. The second-order valence-corrected chi connectivity index (χ2v) is 7.99. The van der Waals surface area contributed by atoms with Crippen molar-refractivity contribution in [2.75, 3.05) is 20.3 Å². The van der Waals surface area contributed by atoms with E-state index in [9.17, 15) is 0 Å². The van der Waals surface area contributed by atoms with Gasteiger partial charge < -0.3 is 10.1 Å². The Labute approximate surface area is 133 Å². The zero-order chi connectivity index (χ0) is 15.5. The molecule has 1 atom stereocenters. The lowest BCUT2D eigenvalue weighted by molar-refractivity contribution is 0.0511. The molecular formula is C17H30N2OS. The molecule has 4 heteroatoms. The summed E-state index contributed by atoms with van der Waals surface area (Å²) in [6, 6.07) is 0. The van der Waals surface area contributed by atoms with E-state index in [1.165, 1.54) is 41.3 Å². The highest BCUT2D eigenvalue weighted by atomic mass is 32.1. The van der Waals surface area contributed by atoms with E-state index in [-0.39, 0.29) is 11.0 Å². The predicted octanol–water partition coefficient (Wildman–Crippen LogP) is 4.05. The second kappa shape index (κ2) is 6.76. The average molecular weight is 311 g/mol. The first kappa shape index (κ1) is 16.9. The monoisotopic (exact) mass is 310 g/mol. The van der Waals surface area contributed by atoms with Gasteiger partial charge >= 0.3 is 0 Å². The first-order valence-electron chi connectivity index (χ1n) is 8.17. The Morgan fingerprint density at radius 2 is 2.00 bits per heavy atom. The molecule has 3 nitrogen and oxygen atoms in total. The summed E-state index contributed by atoms with van der Waals surface area (Å²) in [7, 11) is 1.77. The Morgan fingerprint density at radius 3 is 2.57 bits per heavy atom. The normalized spacial score (nSPS) is 25.2. The molecule has 0 radical (unpaired) electrons. The molecule has 2 rings (SSSR count). The van der Waals surface area contributed by atoms with Crippen molar-refractivity contribution in [2.24, 2.45) is 5.41 Å². The summed E-state index contributed by atoms with van der Waals surface area (Å²) in [5.74, 6) is 0. The number of rotatable bonds is 6. The minimum absolute atomic E-state index is 0.00657. The van der Waals surface area contributed by atoms with Crippen LogP contribution in [0.15, 0.2) is 0 Å². The van der Waals surface area contributed by atoms with Gasteiger partial charge in [-0.1, -0.05) is 33.6 Å². The Balaban J connectivity index is 2.38. The summed E-state index contributed by atoms with van der Waals surface area (Å²) in [5, 5.41) is 5.12. The number of methoxy groups -OCH3 is 1. The van der Waals surface area contributed by atoms with Crippen LogP contribution in [0.4, 0.5) is 0 Å². The SMILES string of the molecule is CCc1nc(C2(NCCOC)CCCCC2(C)C)sc1C. The first-order chi connectivity index (χ1) is 9.97. The second-order valence-electron chi connectivity index (χ2n) is 6.79. The van der Waals surface area contributed by atoms with E-state index in [0.29, 0.717) is 0 Å². The number of hydrogen-bond donors (Lipinski definition) is 1. The fraction of sp³-hybridized carbons (Fsp3) is 0.824. The van der Waals surface area contributed by atoms with Crippen LogP contribution >= 0.6 is 11.3 Å². The molecule has 0 aliphatic heterocycles. The summed E-state index contributed by atoms with van der Waals surface area (Å²) in [4.78, 5) is 6.39. The third kappa shape index (κ3) is 3.17. The smallest absolute Gasteiger partial charge is 0.114 e. The van der Waals surface area contributed by atoms with Crippen molar-refractivity contribution in [1.82, 2.24) is 10.3 Å². The lowest BCUT2D eigenvalue weighted by atomic mass is 9.63. The van der Waals surface area contributed by atoms with E-state index in [1.54, 1.807) is 7.11 Å². The average Bonchev–Trinajstić information content (AvgIpc) is 2.82. The van der Waals surface area contributed by atoms with Gasteiger partial charge in [-0.3, -0.25) is 0 Å². The quantitative estimate of drug-likeness (QED) is 0.805. The van der Waals surface area contributed by atoms with Gasteiger partial charge in [0, 0.05) is 18.5 Å². The van der Waals surface area contributed by atoms with Crippen molar-refractivity contribution in [3.63, 3.8) is 0 Å². The number of aromatic nitrogens is 1. The van der Waals surface area contributed by atoms with Crippen molar-refractivity contribution in [1.29, 1.82) is 0 Å². The fourth-order valence-electron chi connectivity index (χ4n) is 3.61. The minimum atomic E-state index is 0.00657. The molecule has 1 saturated carbocycles.